The van der Waals surface area contributed by atoms with Crippen molar-refractivity contribution in [3.8, 4) is 0 Å². The summed E-state index contributed by atoms with van der Waals surface area (Å²) in [5, 5.41) is 18.2. The van der Waals surface area contributed by atoms with Crippen LogP contribution in [0.3, 0.4) is 0 Å². The van der Waals surface area contributed by atoms with Gasteiger partial charge in [0.15, 0.2) is 0 Å². The van der Waals surface area contributed by atoms with Crippen molar-refractivity contribution in [1.29, 1.82) is 0 Å². The van der Waals surface area contributed by atoms with Gasteiger partial charge in [-0.05, 0) is 0 Å². The Labute approximate surface area is 160 Å². The van der Waals surface area contributed by atoms with Crippen LogP contribution in [0.2, 0.25) is 0 Å². The molecule has 3 N–H and O–H groups in total. The Morgan fingerprint density at radius 3 is 1.68 bits per heavy atom. The standard InChI is InChI=1S/C18H16N7O2P/c1-2-4-16(5-3-1)23-28(24-21-17(26-28)14-6-10-19-11-7-14)25-22-18(27-28)15-8-12-20-13-9-15/h1-13,23-25H. The molecule has 3 aromatic rings. The molecule has 0 amide bonds. The second kappa shape index (κ2) is 6.17. The van der Waals surface area contributed by atoms with Crippen LogP contribution in [0, 0.1) is 0 Å². The molecule has 1 spiro atoms. The summed E-state index contributed by atoms with van der Waals surface area (Å²) in [6, 6.07) is 16.8. The number of anilines is 1. The van der Waals surface area contributed by atoms with E-state index in [1.54, 1.807) is 24.8 Å². The third-order valence-corrected chi connectivity index (χ3v) is 6.78. The molecule has 28 heavy (non-hydrogen) atoms. The summed E-state index contributed by atoms with van der Waals surface area (Å²) in [5.74, 6) is 0.754. The number of nitrogens with zero attached hydrogens (tertiary/aromatic N) is 4. The predicted octanol–water partition coefficient (Wildman–Crippen LogP) is 2.98. The first kappa shape index (κ1) is 16.5. The molecule has 2 aliphatic rings. The number of hydrogen-bond acceptors (Lipinski definition) is 9. The Morgan fingerprint density at radius 2 is 1.18 bits per heavy atom. The van der Waals surface area contributed by atoms with Crippen LogP contribution in [-0.4, -0.2) is 21.8 Å². The minimum atomic E-state index is -3.95. The average Bonchev–Trinajstić information content (AvgIpc) is 3.32. The van der Waals surface area contributed by atoms with Crippen molar-refractivity contribution in [2.45, 2.75) is 0 Å². The number of rotatable bonds is 4. The van der Waals surface area contributed by atoms with Crippen molar-refractivity contribution < 1.29 is 9.05 Å². The summed E-state index contributed by atoms with van der Waals surface area (Å²) in [6.45, 7) is 0. The van der Waals surface area contributed by atoms with Crippen molar-refractivity contribution in [1.82, 2.24) is 20.4 Å². The van der Waals surface area contributed by atoms with Crippen molar-refractivity contribution in [3.63, 3.8) is 0 Å². The molecule has 0 saturated heterocycles. The summed E-state index contributed by atoms with van der Waals surface area (Å²) >= 11 is 0. The van der Waals surface area contributed by atoms with Gasteiger partial charge in [0.05, 0.1) is 0 Å². The number of hydrazone groups is 2. The summed E-state index contributed by atoms with van der Waals surface area (Å²) in [5.41, 5.74) is 2.32. The van der Waals surface area contributed by atoms with Gasteiger partial charge >= 0.3 is 160 Å². The number of nitrogens with one attached hydrogen (secondary N) is 3. The zero-order valence-corrected chi connectivity index (χ0v) is 15.5. The van der Waals surface area contributed by atoms with E-state index < -0.39 is 7.51 Å². The fourth-order valence-electron chi connectivity index (χ4n) is 2.83. The molecule has 2 aliphatic heterocycles. The topological polar surface area (TPSA) is 105 Å². The first-order valence-corrected chi connectivity index (χ1v) is 10.6. The van der Waals surface area contributed by atoms with Gasteiger partial charge in [-0.15, -0.1) is 0 Å². The molecule has 0 atom stereocenters. The SMILES string of the molecule is c1ccc(NP23(NN=C(c4ccncc4)O2)NN=C(c2ccncc2)O3)cc1. The van der Waals surface area contributed by atoms with Gasteiger partial charge in [0.2, 0.25) is 0 Å². The van der Waals surface area contributed by atoms with E-state index in [-0.39, 0.29) is 0 Å². The molecule has 1 aromatic carbocycles. The van der Waals surface area contributed by atoms with Crippen LogP contribution < -0.4 is 15.5 Å². The molecule has 0 saturated carbocycles. The third-order valence-electron chi connectivity index (χ3n) is 4.15. The molecule has 2 aromatic heterocycles. The molecular formula is C18H16N7O2P. The van der Waals surface area contributed by atoms with Gasteiger partial charge in [-0.2, -0.15) is 0 Å². The summed E-state index contributed by atoms with van der Waals surface area (Å²) < 4.78 is 12.6. The van der Waals surface area contributed by atoms with Gasteiger partial charge in [0.1, 0.15) is 0 Å². The molecule has 9 nitrogen and oxygen atoms in total. The zero-order valence-electron chi connectivity index (χ0n) is 14.6. The van der Waals surface area contributed by atoms with Crippen LogP contribution in [0.4, 0.5) is 5.69 Å². The fourth-order valence-corrected chi connectivity index (χ4v) is 5.38. The summed E-state index contributed by atoms with van der Waals surface area (Å²) in [6.07, 6.45) is 6.69. The molecule has 0 unspecified atom stereocenters. The van der Waals surface area contributed by atoms with Crippen molar-refractivity contribution in [2.75, 3.05) is 5.09 Å². The molecule has 0 radical (unpaired) electrons. The Balaban J connectivity index is 1.51. The van der Waals surface area contributed by atoms with E-state index >= 15 is 0 Å². The number of hydrogen-bond donors (Lipinski definition) is 3. The molecule has 0 bridgehead atoms. The monoisotopic (exact) mass is 393 g/mol. The summed E-state index contributed by atoms with van der Waals surface area (Å²) in [7, 11) is -3.95. The number of benzene rings is 1. The van der Waals surface area contributed by atoms with Crippen molar-refractivity contribution in [3.05, 3.63) is 90.5 Å². The molecule has 0 aliphatic carbocycles. The number of pyridine rings is 2. The summed E-state index contributed by atoms with van der Waals surface area (Å²) in [4.78, 5) is 8.06. The van der Waals surface area contributed by atoms with Crippen LogP contribution >= 0.6 is 7.51 Å². The molecular weight excluding hydrogens is 377 g/mol. The first-order chi connectivity index (χ1) is 13.7. The van der Waals surface area contributed by atoms with Gasteiger partial charge in [-0.3, -0.25) is 0 Å². The van der Waals surface area contributed by atoms with Crippen LogP contribution in [0.1, 0.15) is 11.1 Å². The van der Waals surface area contributed by atoms with Gasteiger partial charge in [-0.25, -0.2) is 0 Å². The van der Waals surface area contributed by atoms with Gasteiger partial charge in [-0.1, -0.05) is 0 Å². The van der Waals surface area contributed by atoms with E-state index in [4.69, 9.17) is 9.05 Å². The minimum absolute atomic E-state index is 0.377. The van der Waals surface area contributed by atoms with E-state index in [0.29, 0.717) is 11.8 Å². The van der Waals surface area contributed by atoms with Crippen LogP contribution in [0.15, 0.2) is 89.6 Å². The van der Waals surface area contributed by atoms with Gasteiger partial charge in [0, 0.05) is 0 Å². The van der Waals surface area contributed by atoms with Crippen LogP contribution in [0.5, 0.6) is 0 Å². The molecule has 4 heterocycles. The molecule has 5 rings (SSSR count). The average molecular weight is 393 g/mol. The van der Waals surface area contributed by atoms with E-state index in [1.165, 1.54) is 0 Å². The Bertz CT molecular complexity index is 996. The fraction of sp³-hybridized carbons (Fsp3) is 0. The second-order valence-electron chi connectivity index (χ2n) is 6.12. The Kier molecular flexibility index (Phi) is 3.63. The van der Waals surface area contributed by atoms with Crippen LogP contribution in [0.25, 0.3) is 0 Å². The molecule has 140 valence electrons. The second-order valence-corrected chi connectivity index (χ2v) is 9.03. The Hall–Kier alpha value is -3.71. The number of aromatic nitrogens is 2. The van der Waals surface area contributed by atoms with Crippen LogP contribution in [-0.2, 0) is 9.05 Å². The number of para-hydroxylation sites is 1. The zero-order chi connectivity index (χ0) is 18.9. The van der Waals surface area contributed by atoms with Crippen molar-refractivity contribution in [2.24, 2.45) is 10.2 Å². The molecule has 10 heteroatoms. The quantitative estimate of drug-likeness (QED) is 0.585. The third kappa shape index (κ3) is 2.78. The van der Waals surface area contributed by atoms with Gasteiger partial charge < -0.3 is 0 Å². The first-order valence-electron chi connectivity index (χ1n) is 8.52. The van der Waals surface area contributed by atoms with E-state index in [9.17, 15) is 0 Å². The van der Waals surface area contributed by atoms with E-state index in [2.05, 4.69) is 35.7 Å². The molecule has 0 fully saturated rings. The maximum atomic E-state index is 6.31. The van der Waals surface area contributed by atoms with Crippen molar-refractivity contribution >= 4 is 25.0 Å². The van der Waals surface area contributed by atoms with Gasteiger partial charge in [0.25, 0.3) is 0 Å². The normalized spacial score (nSPS) is 19.6. The van der Waals surface area contributed by atoms with E-state index in [1.807, 2.05) is 54.6 Å². The van der Waals surface area contributed by atoms with E-state index in [0.717, 1.165) is 16.8 Å². The maximum absolute atomic E-state index is 6.31. The predicted molar refractivity (Wildman–Crippen MR) is 107 cm³/mol. The Morgan fingerprint density at radius 1 is 0.679 bits per heavy atom.